The van der Waals surface area contributed by atoms with Crippen LogP contribution in [0.15, 0.2) is 22.8 Å². The number of aryl methyl sites for hydroxylation is 1. The quantitative estimate of drug-likeness (QED) is 0.776. The van der Waals surface area contributed by atoms with Crippen molar-refractivity contribution in [1.29, 1.82) is 0 Å². The lowest BCUT2D eigenvalue weighted by molar-refractivity contribution is -0.132. The first kappa shape index (κ1) is 16.0. The molecular weight excluding hydrogens is 294 g/mol. The molecule has 1 aliphatic heterocycles. The highest BCUT2D eigenvalue weighted by Gasteiger charge is 2.29. The zero-order valence-electron chi connectivity index (χ0n) is 12.4. The van der Waals surface area contributed by atoms with Gasteiger partial charge < -0.3 is 9.32 Å². The van der Waals surface area contributed by atoms with E-state index in [4.69, 9.17) is 4.42 Å². The monoisotopic (exact) mass is 315 g/mol. The number of carbonyl (C=O) groups is 1. The minimum atomic E-state index is -3.38. The largest absolute Gasteiger partial charge is 0.469 e. The van der Waals surface area contributed by atoms with Gasteiger partial charge in [-0.1, -0.05) is 0 Å². The SMILES string of the molecule is CN(C)S(=O)(=O)N1CCN(C(=O)CCc2ccco2)CC1. The summed E-state index contributed by atoms with van der Waals surface area (Å²) < 4.78 is 31.8. The molecule has 0 atom stereocenters. The summed E-state index contributed by atoms with van der Waals surface area (Å²) in [6.45, 7) is 1.55. The molecule has 118 valence electrons. The first-order chi connectivity index (χ1) is 9.91. The Bertz CT molecular complexity index is 560. The van der Waals surface area contributed by atoms with Crippen LogP contribution in [0.4, 0.5) is 0 Å². The fourth-order valence-electron chi connectivity index (χ4n) is 2.24. The van der Waals surface area contributed by atoms with Gasteiger partial charge in [-0.15, -0.1) is 0 Å². The molecule has 21 heavy (non-hydrogen) atoms. The van der Waals surface area contributed by atoms with E-state index < -0.39 is 10.2 Å². The van der Waals surface area contributed by atoms with Crippen molar-refractivity contribution in [3.63, 3.8) is 0 Å². The predicted molar refractivity (Wildman–Crippen MR) is 77.8 cm³/mol. The van der Waals surface area contributed by atoms with E-state index in [0.717, 1.165) is 5.76 Å². The maximum atomic E-state index is 12.1. The molecular formula is C13H21N3O4S. The number of amides is 1. The molecule has 2 rings (SSSR count). The van der Waals surface area contributed by atoms with Gasteiger partial charge in [0.1, 0.15) is 5.76 Å². The van der Waals surface area contributed by atoms with E-state index in [1.54, 1.807) is 17.2 Å². The normalized spacial score (nSPS) is 17.4. The van der Waals surface area contributed by atoms with Crippen LogP contribution < -0.4 is 0 Å². The van der Waals surface area contributed by atoms with Gasteiger partial charge in [-0.3, -0.25) is 4.79 Å². The minimum absolute atomic E-state index is 0.0355. The molecule has 1 saturated heterocycles. The lowest BCUT2D eigenvalue weighted by Gasteiger charge is -2.35. The van der Waals surface area contributed by atoms with Crippen LogP contribution in [0, 0.1) is 0 Å². The highest BCUT2D eigenvalue weighted by atomic mass is 32.2. The van der Waals surface area contributed by atoms with Crippen LogP contribution in [0.5, 0.6) is 0 Å². The Morgan fingerprint density at radius 3 is 2.48 bits per heavy atom. The first-order valence-electron chi connectivity index (χ1n) is 6.89. The van der Waals surface area contributed by atoms with E-state index >= 15 is 0 Å². The molecule has 0 unspecified atom stereocenters. The topological polar surface area (TPSA) is 74.1 Å². The lowest BCUT2D eigenvalue weighted by Crippen LogP contribution is -2.53. The van der Waals surface area contributed by atoms with Gasteiger partial charge in [0, 0.05) is 53.1 Å². The summed E-state index contributed by atoms with van der Waals surface area (Å²) >= 11 is 0. The number of carbonyl (C=O) groups excluding carboxylic acids is 1. The summed E-state index contributed by atoms with van der Waals surface area (Å²) in [6.07, 6.45) is 2.54. The summed E-state index contributed by atoms with van der Waals surface area (Å²) in [5.41, 5.74) is 0. The van der Waals surface area contributed by atoms with Gasteiger partial charge in [-0.2, -0.15) is 17.0 Å². The van der Waals surface area contributed by atoms with Gasteiger partial charge in [0.2, 0.25) is 5.91 Å². The van der Waals surface area contributed by atoms with E-state index in [1.165, 1.54) is 22.7 Å². The molecule has 0 saturated carbocycles. The van der Waals surface area contributed by atoms with E-state index in [2.05, 4.69) is 0 Å². The average molecular weight is 315 g/mol. The van der Waals surface area contributed by atoms with Crippen LogP contribution in [-0.2, 0) is 21.4 Å². The van der Waals surface area contributed by atoms with Crippen molar-refractivity contribution in [1.82, 2.24) is 13.5 Å². The van der Waals surface area contributed by atoms with Gasteiger partial charge in [0.25, 0.3) is 10.2 Å². The summed E-state index contributed by atoms with van der Waals surface area (Å²) in [6, 6.07) is 3.64. The van der Waals surface area contributed by atoms with E-state index in [0.29, 0.717) is 39.0 Å². The molecule has 8 heteroatoms. The Kier molecular flexibility index (Phi) is 5.02. The molecule has 0 aliphatic carbocycles. The van der Waals surface area contributed by atoms with Crippen molar-refractivity contribution >= 4 is 16.1 Å². The van der Waals surface area contributed by atoms with Gasteiger partial charge in [0.15, 0.2) is 0 Å². The Hall–Kier alpha value is -1.38. The van der Waals surface area contributed by atoms with Crippen molar-refractivity contribution in [2.45, 2.75) is 12.8 Å². The number of piperazine rings is 1. The highest BCUT2D eigenvalue weighted by Crippen LogP contribution is 2.12. The Labute approximate surface area is 125 Å². The van der Waals surface area contributed by atoms with E-state index in [9.17, 15) is 13.2 Å². The van der Waals surface area contributed by atoms with Gasteiger partial charge in [0.05, 0.1) is 6.26 Å². The molecule has 1 amide bonds. The Balaban J connectivity index is 1.82. The molecule has 1 fully saturated rings. The molecule has 0 N–H and O–H groups in total. The van der Waals surface area contributed by atoms with Crippen LogP contribution in [0.25, 0.3) is 0 Å². The second-order valence-electron chi connectivity index (χ2n) is 5.15. The minimum Gasteiger partial charge on any atom is -0.469 e. The third-order valence-corrected chi connectivity index (χ3v) is 5.49. The first-order valence-corrected chi connectivity index (χ1v) is 8.28. The summed E-state index contributed by atoms with van der Waals surface area (Å²) in [5.74, 6) is 0.825. The number of furan rings is 1. The lowest BCUT2D eigenvalue weighted by atomic mass is 10.2. The molecule has 2 heterocycles. The molecule has 0 bridgehead atoms. The molecule has 0 aromatic carbocycles. The maximum absolute atomic E-state index is 12.1. The van der Waals surface area contributed by atoms with Gasteiger partial charge >= 0.3 is 0 Å². The van der Waals surface area contributed by atoms with Crippen LogP contribution in [0.2, 0.25) is 0 Å². The third-order valence-electron chi connectivity index (χ3n) is 3.54. The summed E-state index contributed by atoms with van der Waals surface area (Å²) in [7, 11) is -0.363. The van der Waals surface area contributed by atoms with Crippen molar-refractivity contribution in [2.75, 3.05) is 40.3 Å². The van der Waals surface area contributed by atoms with Crippen molar-refractivity contribution in [2.24, 2.45) is 0 Å². The Morgan fingerprint density at radius 1 is 1.29 bits per heavy atom. The second kappa shape index (κ2) is 6.59. The molecule has 1 aliphatic rings. The standard InChI is InChI=1S/C13H21N3O4S/c1-14(2)21(18,19)16-9-7-15(8-10-16)13(17)6-5-12-4-3-11-20-12/h3-4,11H,5-10H2,1-2H3. The second-order valence-corrected chi connectivity index (χ2v) is 7.29. The number of hydrogen-bond donors (Lipinski definition) is 0. The zero-order valence-corrected chi connectivity index (χ0v) is 13.2. The molecule has 0 radical (unpaired) electrons. The number of nitrogens with zero attached hydrogens (tertiary/aromatic N) is 3. The molecule has 1 aromatic heterocycles. The Morgan fingerprint density at radius 2 is 1.95 bits per heavy atom. The zero-order chi connectivity index (χ0) is 15.5. The number of rotatable bonds is 5. The van der Waals surface area contributed by atoms with E-state index in [1.807, 2.05) is 6.07 Å². The molecule has 7 nitrogen and oxygen atoms in total. The summed E-state index contributed by atoms with van der Waals surface area (Å²) in [4.78, 5) is 13.8. The van der Waals surface area contributed by atoms with Crippen molar-refractivity contribution in [3.05, 3.63) is 24.2 Å². The van der Waals surface area contributed by atoms with Crippen LogP contribution >= 0.6 is 0 Å². The van der Waals surface area contributed by atoms with Crippen LogP contribution in [0.1, 0.15) is 12.2 Å². The van der Waals surface area contributed by atoms with E-state index in [-0.39, 0.29) is 5.91 Å². The molecule has 0 spiro atoms. The third kappa shape index (κ3) is 3.84. The molecule has 1 aromatic rings. The fourth-order valence-corrected chi connectivity index (χ4v) is 3.33. The predicted octanol–water partition coefficient (Wildman–Crippen LogP) is 0.163. The maximum Gasteiger partial charge on any atom is 0.281 e. The van der Waals surface area contributed by atoms with Crippen LogP contribution in [0.3, 0.4) is 0 Å². The fraction of sp³-hybridized carbons (Fsp3) is 0.615. The smallest absolute Gasteiger partial charge is 0.281 e. The van der Waals surface area contributed by atoms with Gasteiger partial charge in [-0.25, -0.2) is 0 Å². The van der Waals surface area contributed by atoms with Crippen molar-refractivity contribution in [3.8, 4) is 0 Å². The van der Waals surface area contributed by atoms with Crippen LogP contribution in [-0.4, -0.2) is 68.1 Å². The van der Waals surface area contributed by atoms with Gasteiger partial charge in [-0.05, 0) is 12.1 Å². The highest BCUT2D eigenvalue weighted by molar-refractivity contribution is 7.86. The number of hydrogen-bond acceptors (Lipinski definition) is 4. The summed E-state index contributed by atoms with van der Waals surface area (Å²) in [5, 5.41) is 0. The van der Waals surface area contributed by atoms with Crippen molar-refractivity contribution < 1.29 is 17.6 Å². The average Bonchev–Trinajstić information content (AvgIpc) is 2.98.